The van der Waals surface area contributed by atoms with Crippen LogP contribution >= 0.6 is 0 Å². The number of aliphatic hydroxyl groups excluding tert-OH is 1. The smallest absolute Gasteiger partial charge is 0.0543 e. The van der Waals surface area contributed by atoms with Gasteiger partial charge >= 0.3 is 0 Å². The Balaban J connectivity index is 3.78. The molecule has 0 aromatic rings. The van der Waals surface area contributed by atoms with Gasteiger partial charge in [0.1, 0.15) is 0 Å². The van der Waals surface area contributed by atoms with E-state index in [1.165, 1.54) is 5.57 Å². The van der Waals surface area contributed by atoms with Gasteiger partial charge in [-0.3, -0.25) is 0 Å². The van der Waals surface area contributed by atoms with Crippen molar-refractivity contribution in [3.63, 3.8) is 0 Å². The maximum atomic E-state index is 9.32. The minimum Gasteiger partial charge on any atom is -0.393 e. The molecule has 0 saturated heterocycles. The van der Waals surface area contributed by atoms with Crippen LogP contribution in [0, 0.1) is 5.92 Å². The van der Waals surface area contributed by atoms with Crippen molar-refractivity contribution in [2.24, 2.45) is 5.92 Å². The van der Waals surface area contributed by atoms with E-state index < -0.39 is 0 Å². The summed E-state index contributed by atoms with van der Waals surface area (Å²) < 4.78 is 0. The van der Waals surface area contributed by atoms with Gasteiger partial charge in [0.2, 0.25) is 0 Å². The molecule has 0 saturated carbocycles. The first-order chi connectivity index (χ1) is 5.11. The van der Waals surface area contributed by atoms with Crippen LogP contribution in [0.4, 0.5) is 0 Å². The molecule has 0 aromatic heterocycles. The molecule has 0 aliphatic heterocycles. The Morgan fingerprint density at radius 3 is 2.27 bits per heavy atom. The van der Waals surface area contributed by atoms with Crippen LogP contribution < -0.4 is 0 Å². The molecule has 0 amide bonds. The number of rotatable bonds is 5. The van der Waals surface area contributed by atoms with Crippen molar-refractivity contribution in [1.29, 1.82) is 0 Å². The van der Waals surface area contributed by atoms with Gasteiger partial charge in [0.05, 0.1) is 6.10 Å². The standard InChI is InChI=1S/C10H20O/c1-5-8(3)7-10(6-2)9(4)11/h9-11H,3,5-7H2,1-2,4H3. The van der Waals surface area contributed by atoms with Crippen molar-refractivity contribution in [2.45, 2.75) is 46.1 Å². The van der Waals surface area contributed by atoms with E-state index in [9.17, 15) is 5.11 Å². The Morgan fingerprint density at radius 1 is 1.45 bits per heavy atom. The summed E-state index contributed by atoms with van der Waals surface area (Å²) >= 11 is 0. The quantitative estimate of drug-likeness (QED) is 0.607. The normalized spacial score (nSPS) is 16.0. The lowest BCUT2D eigenvalue weighted by Gasteiger charge is -2.18. The Labute approximate surface area is 70.1 Å². The lowest BCUT2D eigenvalue weighted by molar-refractivity contribution is 0.122. The molecular formula is C10H20O. The van der Waals surface area contributed by atoms with Crippen LogP contribution in [0.3, 0.4) is 0 Å². The molecule has 0 heterocycles. The predicted molar refractivity (Wildman–Crippen MR) is 49.5 cm³/mol. The van der Waals surface area contributed by atoms with E-state index >= 15 is 0 Å². The highest BCUT2D eigenvalue weighted by molar-refractivity contribution is 4.95. The van der Waals surface area contributed by atoms with Crippen molar-refractivity contribution in [2.75, 3.05) is 0 Å². The Bertz CT molecular complexity index is 116. The van der Waals surface area contributed by atoms with Crippen LogP contribution in [-0.4, -0.2) is 11.2 Å². The number of allylic oxidation sites excluding steroid dienone is 1. The third-order valence-corrected chi connectivity index (χ3v) is 2.26. The number of aliphatic hydroxyl groups is 1. The van der Waals surface area contributed by atoms with E-state index in [2.05, 4.69) is 20.4 Å². The molecule has 0 radical (unpaired) electrons. The van der Waals surface area contributed by atoms with Crippen LogP contribution in [0.15, 0.2) is 12.2 Å². The molecule has 1 nitrogen and oxygen atoms in total. The summed E-state index contributed by atoms with van der Waals surface area (Å²) in [4.78, 5) is 0. The molecule has 0 fully saturated rings. The molecule has 0 spiro atoms. The summed E-state index contributed by atoms with van der Waals surface area (Å²) in [7, 11) is 0. The summed E-state index contributed by atoms with van der Waals surface area (Å²) in [5.41, 5.74) is 1.25. The van der Waals surface area contributed by atoms with Gasteiger partial charge in [0.15, 0.2) is 0 Å². The van der Waals surface area contributed by atoms with E-state index in [4.69, 9.17) is 0 Å². The van der Waals surface area contributed by atoms with Gasteiger partial charge < -0.3 is 5.11 Å². The third kappa shape index (κ3) is 4.20. The van der Waals surface area contributed by atoms with Crippen LogP contribution in [0.25, 0.3) is 0 Å². The van der Waals surface area contributed by atoms with Crippen LogP contribution in [0.1, 0.15) is 40.0 Å². The first-order valence-corrected chi connectivity index (χ1v) is 4.46. The van der Waals surface area contributed by atoms with Gasteiger partial charge in [-0.15, -0.1) is 0 Å². The van der Waals surface area contributed by atoms with E-state index in [1.54, 1.807) is 0 Å². The fourth-order valence-corrected chi connectivity index (χ4v) is 1.17. The fraction of sp³-hybridized carbons (Fsp3) is 0.800. The van der Waals surface area contributed by atoms with E-state index in [0.717, 1.165) is 19.3 Å². The van der Waals surface area contributed by atoms with Gasteiger partial charge in [-0.05, 0) is 25.7 Å². The summed E-state index contributed by atoms with van der Waals surface area (Å²) in [6, 6.07) is 0. The first kappa shape index (κ1) is 10.7. The topological polar surface area (TPSA) is 20.2 Å². The van der Waals surface area contributed by atoms with Crippen molar-refractivity contribution in [1.82, 2.24) is 0 Å². The summed E-state index contributed by atoms with van der Waals surface area (Å²) in [5, 5.41) is 9.32. The van der Waals surface area contributed by atoms with E-state index in [1.807, 2.05) is 6.92 Å². The molecule has 0 aliphatic carbocycles. The molecule has 0 bridgehead atoms. The van der Waals surface area contributed by atoms with E-state index in [-0.39, 0.29) is 6.10 Å². The van der Waals surface area contributed by atoms with Gasteiger partial charge in [0, 0.05) is 0 Å². The lowest BCUT2D eigenvalue weighted by Crippen LogP contribution is -2.16. The SMILES string of the molecule is C=C(CC)CC(CC)C(C)O. The second-order valence-corrected chi connectivity index (χ2v) is 3.22. The van der Waals surface area contributed by atoms with Gasteiger partial charge in [-0.1, -0.05) is 32.4 Å². The average molecular weight is 156 g/mol. The van der Waals surface area contributed by atoms with Gasteiger partial charge in [0.25, 0.3) is 0 Å². The molecule has 1 N–H and O–H groups in total. The molecule has 11 heavy (non-hydrogen) atoms. The zero-order valence-corrected chi connectivity index (χ0v) is 7.93. The highest BCUT2D eigenvalue weighted by Crippen LogP contribution is 2.19. The summed E-state index contributed by atoms with van der Waals surface area (Å²) in [5.74, 6) is 0.405. The number of hydrogen-bond acceptors (Lipinski definition) is 1. The van der Waals surface area contributed by atoms with Crippen LogP contribution in [-0.2, 0) is 0 Å². The molecular weight excluding hydrogens is 136 g/mol. The minimum atomic E-state index is -0.191. The Hall–Kier alpha value is -0.300. The summed E-state index contributed by atoms with van der Waals surface area (Å²) in [6.07, 6.45) is 2.85. The second-order valence-electron chi connectivity index (χ2n) is 3.22. The maximum Gasteiger partial charge on any atom is 0.0543 e. The van der Waals surface area contributed by atoms with Crippen molar-refractivity contribution < 1.29 is 5.11 Å². The van der Waals surface area contributed by atoms with Crippen LogP contribution in [0.2, 0.25) is 0 Å². The van der Waals surface area contributed by atoms with Crippen molar-refractivity contribution >= 4 is 0 Å². The van der Waals surface area contributed by atoms with E-state index in [0.29, 0.717) is 5.92 Å². The van der Waals surface area contributed by atoms with Gasteiger partial charge in [-0.25, -0.2) is 0 Å². The highest BCUT2D eigenvalue weighted by atomic mass is 16.3. The molecule has 0 rings (SSSR count). The maximum absolute atomic E-state index is 9.32. The largest absolute Gasteiger partial charge is 0.393 e. The molecule has 2 unspecified atom stereocenters. The van der Waals surface area contributed by atoms with Crippen molar-refractivity contribution in [3.8, 4) is 0 Å². The molecule has 0 aromatic carbocycles. The van der Waals surface area contributed by atoms with Crippen molar-refractivity contribution in [3.05, 3.63) is 12.2 Å². The number of hydrogen-bond donors (Lipinski definition) is 1. The highest BCUT2D eigenvalue weighted by Gasteiger charge is 2.12. The molecule has 0 aliphatic rings. The summed E-state index contributed by atoms with van der Waals surface area (Å²) in [6.45, 7) is 10.0. The minimum absolute atomic E-state index is 0.191. The molecule has 66 valence electrons. The van der Waals surface area contributed by atoms with Crippen LogP contribution in [0.5, 0.6) is 0 Å². The molecule has 2 atom stereocenters. The zero-order valence-electron chi connectivity index (χ0n) is 7.93. The Kier molecular flexibility index (Phi) is 5.22. The monoisotopic (exact) mass is 156 g/mol. The first-order valence-electron chi connectivity index (χ1n) is 4.46. The fourth-order valence-electron chi connectivity index (χ4n) is 1.17. The third-order valence-electron chi connectivity index (χ3n) is 2.26. The molecule has 1 heteroatoms. The average Bonchev–Trinajstić information content (AvgIpc) is 1.99. The zero-order chi connectivity index (χ0) is 8.85. The predicted octanol–water partition coefficient (Wildman–Crippen LogP) is 2.75. The van der Waals surface area contributed by atoms with Gasteiger partial charge in [-0.2, -0.15) is 0 Å². The Morgan fingerprint density at radius 2 is 2.00 bits per heavy atom. The second kappa shape index (κ2) is 5.36. The lowest BCUT2D eigenvalue weighted by atomic mass is 9.92.